The predicted molar refractivity (Wildman–Crippen MR) is 83.4 cm³/mol. The second-order valence-corrected chi connectivity index (χ2v) is 5.13. The molecule has 24 heavy (non-hydrogen) atoms. The minimum Gasteiger partial charge on any atom is -0.504 e. The van der Waals surface area contributed by atoms with E-state index in [0.29, 0.717) is 22.5 Å². The Morgan fingerprint density at radius 3 is 2.75 bits per heavy atom. The molecule has 0 bridgehead atoms. The number of imidazole rings is 1. The van der Waals surface area contributed by atoms with Crippen LogP contribution in [0.2, 0.25) is 0 Å². The molecule has 0 aliphatic rings. The van der Waals surface area contributed by atoms with Crippen LogP contribution in [0.5, 0.6) is 17.2 Å². The van der Waals surface area contributed by atoms with Crippen molar-refractivity contribution in [2.45, 2.75) is 12.6 Å². The van der Waals surface area contributed by atoms with Gasteiger partial charge in [0.2, 0.25) is 0 Å². The van der Waals surface area contributed by atoms with Crippen LogP contribution >= 0.6 is 0 Å². The highest BCUT2D eigenvalue weighted by molar-refractivity contribution is 5.89. The smallest absolute Gasteiger partial charge is 0.390 e. The summed E-state index contributed by atoms with van der Waals surface area (Å²) in [6.45, 7) is -0.272. The van der Waals surface area contributed by atoms with Crippen LogP contribution in [-0.4, -0.2) is 27.8 Å². The van der Waals surface area contributed by atoms with Gasteiger partial charge in [-0.2, -0.15) is 13.2 Å². The Kier molecular flexibility index (Phi) is 4.20. The van der Waals surface area contributed by atoms with Gasteiger partial charge in [0.25, 0.3) is 0 Å². The summed E-state index contributed by atoms with van der Waals surface area (Å²) in [5, 5.41) is 12.5. The van der Waals surface area contributed by atoms with Crippen molar-refractivity contribution in [1.82, 2.24) is 9.97 Å². The van der Waals surface area contributed by atoms with Crippen LogP contribution in [0.4, 0.5) is 18.9 Å². The molecule has 1 aromatic heterocycles. The summed E-state index contributed by atoms with van der Waals surface area (Å²) in [5.41, 5.74) is 1.54. The molecule has 0 saturated carbocycles. The molecule has 3 rings (SSSR count). The average Bonchev–Trinajstić information content (AvgIpc) is 2.97. The molecule has 0 radical (unpaired) electrons. The predicted octanol–water partition coefficient (Wildman–Crippen LogP) is 4.43. The fourth-order valence-electron chi connectivity index (χ4n) is 2.23. The Morgan fingerprint density at radius 1 is 1.21 bits per heavy atom. The largest absolute Gasteiger partial charge is 0.504 e. The molecule has 0 saturated heterocycles. The third kappa shape index (κ3) is 3.70. The number of hydrogen-bond donors (Lipinski definition) is 3. The summed E-state index contributed by atoms with van der Waals surface area (Å²) in [4.78, 5) is 6.99. The van der Waals surface area contributed by atoms with Crippen molar-refractivity contribution in [2.24, 2.45) is 0 Å². The zero-order valence-corrected chi connectivity index (χ0v) is 12.4. The summed E-state index contributed by atoms with van der Waals surface area (Å²) >= 11 is 0. The number of nitrogens with zero attached hydrogens (tertiary/aromatic N) is 1. The van der Waals surface area contributed by atoms with Crippen LogP contribution in [0.3, 0.4) is 0 Å². The maximum absolute atomic E-state index is 12.3. The van der Waals surface area contributed by atoms with E-state index in [1.54, 1.807) is 30.3 Å². The van der Waals surface area contributed by atoms with Crippen LogP contribution in [-0.2, 0) is 0 Å². The van der Waals surface area contributed by atoms with Crippen molar-refractivity contribution >= 4 is 16.7 Å². The topological polar surface area (TPSA) is 70.2 Å². The molecule has 8 heteroatoms. The normalized spacial score (nSPS) is 11.6. The monoisotopic (exact) mass is 337 g/mol. The third-order valence-electron chi connectivity index (χ3n) is 3.31. The van der Waals surface area contributed by atoms with Crippen LogP contribution in [0.15, 0.2) is 42.7 Å². The van der Waals surface area contributed by atoms with Gasteiger partial charge in [-0.05, 0) is 12.1 Å². The summed E-state index contributed by atoms with van der Waals surface area (Å²) < 4.78 is 42.5. The molecular weight excluding hydrogens is 323 g/mol. The number of alkyl halides is 3. The number of benzene rings is 2. The number of ether oxygens (including phenoxy) is 1. The van der Waals surface area contributed by atoms with E-state index >= 15 is 0 Å². The van der Waals surface area contributed by atoms with Gasteiger partial charge in [-0.25, -0.2) is 4.98 Å². The molecule has 126 valence electrons. The number of halogens is 3. The molecule has 0 spiro atoms. The van der Waals surface area contributed by atoms with Crippen molar-refractivity contribution in [3.63, 3.8) is 0 Å². The second-order valence-electron chi connectivity index (χ2n) is 5.13. The summed E-state index contributed by atoms with van der Waals surface area (Å²) in [7, 11) is 0. The number of phenols is 1. The van der Waals surface area contributed by atoms with Crippen molar-refractivity contribution in [2.75, 3.05) is 11.9 Å². The molecule has 0 unspecified atom stereocenters. The number of aromatic hydroxyl groups is 1. The van der Waals surface area contributed by atoms with E-state index in [4.69, 9.17) is 4.74 Å². The van der Waals surface area contributed by atoms with Gasteiger partial charge in [-0.15, -0.1) is 0 Å². The molecule has 3 aromatic rings. The highest BCUT2D eigenvalue weighted by atomic mass is 19.4. The van der Waals surface area contributed by atoms with Gasteiger partial charge in [0.1, 0.15) is 11.3 Å². The first kappa shape index (κ1) is 16.0. The van der Waals surface area contributed by atoms with Gasteiger partial charge >= 0.3 is 6.18 Å². The highest BCUT2D eigenvalue weighted by Crippen LogP contribution is 2.34. The zero-order valence-electron chi connectivity index (χ0n) is 12.4. The third-order valence-corrected chi connectivity index (χ3v) is 3.31. The summed E-state index contributed by atoms with van der Waals surface area (Å²) in [6, 6.07) is 9.63. The molecule has 0 amide bonds. The molecule has 0 fully saturated rings. The Morgan fingerprint density at radius 2 is 2.00 bits per heavy atom. The minimum absolute atomic E-state index is 0.0335. The zero-order chi connectivity index (χ0) is 17.2. The van der Waals surface area contributed by atoms with Crippen molar-refractivity contribution in [3.8, 4) is 17.2 Å². The molecule has 1 heterocycles. The lowest BCUT2D eigenvalue weighted by molar-refractivity contribution is -0.131. The number of hydrogen-bond acceptors (Lipinski definition) is 4. The van der Waals surface area contributed by atoms with Crippen LogP contribution in [0.25, 0.3) is 11.0 Å². The second kappa shape index (κ2) is 6.31. The molecular formula is C16H14F3N3O2. The number of phenolic OH excluding ortho intramolecular Hbond substituents is 1. The lowest BCUT2D eigenvalue weighted by atomic mass is 10.2. The van der Waals surface area contributed by atoms with Crippen molar-refractivity contribution in [1.29, 1.82) is 0 Å². The lowest BCUT2D eigenvalue weighted by Crippen LogP contribution is -2.14. The standard InChI is InChI=1S/C16H14F3N3O2/c17-16(18,19)5-6-20-11-7-10(8-12-15(11)22-9-21-12)24-14-4-2-1-3-13(14)23/h1-4,7-9,20,23H,5-6H2,(H,21,22). The van der Waals surface area contributed by atoms with E-state index in [-0.39, 0.29) is 18.0 Å². The first-order chi connectivity index (χ1) is 11.4. The van der Waals surface area contributed by atoms with Gasteiger partial charge in [-0.1, -0.05) is 12.1 Å². The average molecular weight is 337 g/mol. The Hall–Kier alpha value is -2.90. The SMILES string of the molecule is Oc1ccccc1Oc1cc(NCCC(F)(F)F)c2nc[nH]c2c1. The number of aromatic amines is 1. The Bertz CT molecular complexity index is 846. The van der Waals surface area contributed by atoms with Gasteiger partial charge in [0.05, 0.1) is 24.0 Å². The Balaban J connectivity index is 1.86. The number of H-pyrrole nitrogens is 1. The number of nitrogens with one attached hydrogen (secondary N) is 2. The van der Waals surface area contributed by atoms with Crippen LogP contribution < -0.4 is 10.1 Å². The van der Waals surface area contributed by atoms with Crippen molar-refractivity contribution < 1.29 is 23.0 Å². The van der Waals surface area contributed by atoms with E-state index < -0.39 is 12.6 Å². The molecule has 0 atom stereocenters. The van der Waals surface area contributed by atoms with Gasteiger partial charge in [-0.3, -0.25) is 0 Å². The number of aromatic nitrogens is 2. The minimum atomic E-state index is -4.23. The van der Waals surface area contributed by atoms with Gasteiger partial charge < -0.3 is 20.1 Å². The first-order valence-electron chi connectivity index (χ1n) is 7.16. The van der Waals surface area contributed by atoms with E-state index in [9.17, 15) is 18.3 Å². The number of fused-ring (bicyclic) bond motifs is 1. The fraction of sp³-hybridized carbons (Fsp3) is 0.188. The molecule has 2 aromatic carbocycles. The fourth-order valence-corrected chi connectivity index (χ4v) is 2.23. The number of para-hydroxylation sites is 2. The molecule has 3 N–H and O–H groups in total. The van der Waals surface area contributed by atoms with Crippen LogP contribution in [0.1, 0.15) is 6.42 Å². The van der Waals surface area contributed by atoms with E-state index in [1.165, 1.54) is 12.4 Å². The summed E-state index contributed by atoms with van der Waals surface area (Å²) in [5.74, 6) is 0.578. The quantitative estimate of drug-likeness (QED) is 0.644. The van der Waals surface area contributed by atoms with E-state index in [1.807, 2.05) is 0 Å². The van der Waals surface area contributed by atoms with Crippen molar-refractivity contribution in [3.05, 3.63) is 42.7 Å². The summed E-state index contributed by atoms with van der Waals surface area (Å²) in [6.07, 6.45) is -3.74. The van der Waals surface area contributed by atoms with E-state index in [0.717, 1.165) is 0 Å². The van der Waals surface area contributed by atoms with Gasteiger partial charge in [0, 0.05) is 18.7 Å². The number of anilines is 1. The highest BCUT2D eigenvalue weighted by Gasteiger charge is 2.26. The van der Waals surface area contributed by atoms with Crippen LogP contribution in [0, 0.1) is 0 Å². The molecule has 0 aliphatic carbocycles. The molecule has 5 nitrogen and oxygen atoms in total. The lowest BCUT2D eigenvalue weighted by Gasteiger charge is -2.12. The maximum Gasteiger partial charge on any atom is 0.390 e. The molecule has 0 aliphatic heterocycles. The van der Waals surface area contributed by atoms with E-state index in [2.05, 4.69) is 15.3 Å². The maximum atomic E-state index is 12.3. The van der Waals surface area contributed by atoms with Gasteiger partial charge in [0.15, 0.2) is 11.5 Å². The first-order valence-corrected chi connectivity index (χ1v) is 7.16. The Labute approximate surface area is 135 Å². The number of rotatable bonds is 5.